The number of hydrogen-bond acceptors (Lipinski definition) is 3. The number of nitrogens with zero attached hydrogens (tertiary/aromatic N) is 1. The third kappa shape index (κ3) is 6.83. The molecule has 2 rings (SSSR count). The van der Waals surface area contributed by atoms with E-state index >= 15 is 0 Å². The number of para-hydroxylation sites is 1. The molecule has 0 spiro atoms. The molecule has 0 bridgehead atoms. The number of benzene rings is 1. The summed E-state index contributed by atoms with van der Waals surface area (Å²) in [5.41, 5.74) is 2.16. The standard InChI is InChI=1S/C20H28N2O/c1-2-3-4-5-9-14-21-16-18-11-6-7-13-20(18)23-17-19-12-8-10-15-22-19/h6-8,10-13,15,21H,2-5,9,14,16-17H2,1H3. The molecule has 0 saturated carbocycles. The predicted molar refractivity (Wildman–Crippen MR) is 95.5 cm³/mol. The Labute approximate surface area is 140 Å². The van der Waals surface area contributed by atoms with Crippen LogP contribution >= 0.6 is 0 Å². The average molecular weight is 312 g/mol. The maximum absolute atomic E-state index is 5.93. The molecule has 2 aromatic rings. The van der Waals surface area contributed by atoms with Gasteiger partial charge in [0.1, 0.15) is 12.4 Å². The van der Waals surface area contributed by atoms with Gasteiger partial charge in [0.15, 0.2) is 0 Å². The summed E-state index contributed by atoms with van der Waals surface area (Å²) in [6.07, 6.45) is 8.36. The van der Waals surface area contributed by atoms with E-state index in [0.29, 0.717) is 6.61 Å². The fraction of sp³-hybridized carbons (Fsp3) is 0.450. The first-order valence-electron chi connectivity index (χ1n) is 8.71. The second-order valence-electron chi connectivity index (χ2n) is 5.81. The minimum atomic E-state index is 0.509. The zero-order chi connectivity index (χ0) is 16.2. The van der Waals surface area contributed by atoms with Crippen LogP contribution in [-0.4, -0.2) is 11.5 Å². The molecule has 124 valence electrons. The van der Waals surface area contributed by atoms with Crippen LogP contribution in [0.2, 0.25) is 0 Å². The van der Waals surface area contributed by atoms with Gasteiger partial charge >= 0.3 is 0 Å². The Kier molecular flexibility index (Phi) is 8.20. The van der Waals surface area contributed by atoms with Crippen molar-refractivity contribution in [1.29, 1.82) is 0 Å². The van der Waals surface area contributed by atoms with E-state index in [1.54, 1.807) is 6.20 Å². The van der Waals surface area contributed by atoms with Crippen LogP contribution in [0.1, 0.15) is 50.3 Å². The van der Waals surface area contributed by atoms with E-state index < -0.39 is 0 Å². The lowest BCUT2D eigenvalue weighted by atomic mass is 10.1. The third-order valence-electron chi connectivity index (χ3n) is 3.85. The third-order valence-corrected chi connectivity index (χ3v) is 3.85. The van der Waals surface area contributed by atoms with Crippen LogP contribution in [0.15, 0.2) is 48.7 Å². The number of unbranched alkanes of at least 4 members (excludes halogenated alkanes) is 4. The maximum atomic E-state index is 5.93. The number of hydrogen-bond donors (Lipinski definition) is 1. The van der Waals surface area contributed by atoms with Crippen LogP contribution in [0.4, 0.5) is 0 Å². The highest BCUT2D eigenvalue weighted by Crippen LogP contribution is 2.19. The summed E-state index contributed by atoms with van der Waals surface area (Å²) in [5, 5.41) is 3.52. The molecule has 1 heterocycles. The molecule has 1 aromatic carbocycles. The fourth-order valence-corrected chi connectivity index (χ4v) is 2.50. The van der Waals surface area contributed by atoms with Crippen LogP contribution in [0.5, 0.6) is 5.75 Å². The summed E-state index contributed by atoms with van der Waals surface area (Å²) < 4.78 is 5.93. The van der Waals surface area contributed by atoms with E-state index in [1.807, 2.05) is 30.3 Å². The molecule has 0 aliphatic rings. The second-order valence-corrected chi connectivity index (χ2v) is 5.81. The molecule has 3 nitrogen and oxygen atoms in total. The first-order chi connectivity index (χ1) is 11.4. The first-order valence-corrected chi connectivity index (χ1v) is 8.71. The normalized spacial score (nSPS) is 10.7. The van der Waals surface area contributed by atoms with Gasteiger partial charge in [-0.25, -0.2) is 0 Å². The molecular formula is C20H28N2O. The largest absolute Gasteiger partial charge is 0.487 e. The smallest absolute Gasteiger partial charge is 0.130 e. The molecular weight excluding hydrogens is 284 g/mol. The number of nitrogens with one attached hydrogen (secondary N) is 1. The number of aromatic nitrogens is 1. The van der Waals surface area contributed by atoms with E-state index in [0.717, 1.165) is 24.5 Å². The maximum Gasteiger partial charge on any atom is 0.130 e. The monoisotopic (exact) mass is 312 g/mol. The average Bonchev–Trinajstić information content (AvgIpc) is 2.61. The van der Waals surface area contributed by atoms with E-state index in [9.17, 15) is 0 Å². The van der Waals surface area contributed by atoms with Gasteiger partial charge in [-0.1, -0.05) is 56.9 Å². The summed E-state index contributed by atoms with van der Waals surface area (Å²) in [6, 6.07) is 14.1. The molecule has 23 heavy (non-hydrogen) atoms. The molecule has 1 N–H and O–H groups in total. The van der Waals surface area contributed by atoms with Gasteiger partial charge in [-0.05, 0) is 31.2 Å². The zero-order valence-electron chi connectivity index (χ0n) is 14.1. The summed E-state index contributed by atoms with van der Waals surface area (Å²) >= 11 is 0. The van der Waals surface area contributed by atoms with E-state index in [-0.39, 0.29) is 0 Å². The topological polar surface area (TPSA) is 34.1 Å². The molecule has 0 atom stereocenters. The molecule has 1 aromatic heterocycles. The number of ether oxygens (including phenoxy) is 1. The van der Waals surface area contributed by atoms with Gasteiger partial charge in [0, 0.05) is 18.3 Å². The lowest BCUT2D eigenvalue weighted by Crippen LogP contribution is -2.15. The van der Waals surface area contributed by atoms with Crippen LogP contribution in [0, 0.1) is 0 Å². The van der Waals surface area contributed by atoms with Crippen molar-refractivity contribution in [2.24, 2.45) is 0 Å². The molecule has 0 aliphatic carbocycles. The van der Waals surface area contributed by atoms with Crippen molar-refractivity contribution in [1.82, 2.24) is 10.3 Å². The van der Waals surface area contributed by atoms with Gasteiger partial charge in [0.2, 0.25) is 0 Å². The van der Waals surface area contributed by atoms with Gasteiger partial charge in [-0.3, -0.25) is 4.98 Å². The van der Waals surface area contributed by atoms with Crippen LogP contribution < -0.4 is 10.1 Å². The Morgan fingerprint density at radius 2 is 1.78 bits per heavy atom. The molecule has 3 heteroatoms. The van der Waals surface area contributed by atoms with Crippen LogP contribution in [0.3, 0.4) is 0 Å². The summed E-state index contributed by atoms with van der Waals surface area (Å²) in [7, 11) is 0. The minimum Gasteiger partial charge on any atom is -0.487 e. The van der Waals surface area contributed by atoms with Crippen molar-refractivity contribution in [2.75, 3.05) is 6.54 Å². The van der Waals surface area contributed by atoms with Crippen molar-refractivity contribution in [3.8, 4) is 5.75 Å². The highest BCUT2D eigenvalue weighted by molar-refractivity contribution is 5.33. The molecule has 0 fully saturated rings. The summed E-state index contributed by atoms with van der Waals surface area (Å²) in [6.45, 7) is 4.68. The van der Waals surface area contributed by atoms with Crippen molar-refractivity contribution < 1.29 is 4.74 Å². The molecule has 0 aliphatic heterocycles. The fourth-order valence-electron chi connectivity index (χ4n) is 2.50. The SMILES string of the molecule is CCCCCCCNCc1ccccc1OCc1ccccn1. The Balaban J connectivity index is 1.74. The van der Waals surface area contributed by atoms with E-state index in [1.165, 1.54) is 37.7 Å². The van der Waals surface area contributed by atoms with Crippen molar-refractivity contribution in [3.05, 3.63) is 59.9 Å². The Morgan fingerprint density at radius 3 is 2.61 bits per heavy atom. The molecule has 0 saturated heterocycles. The zero-order valence-corrected chi connectivity index (χ0v) is 14.1. The summed E-state index contributed by atoms with van der Waals surface area (Å²) in [5.74, 6) is 0.941. The highest BCUT2D eigenvalue weighted by Gasteiger charge is 2.03. The highest BCUT2D eigenvalue weighted by atomic mass is 16.5. The van der Waals surface area contributed by atoms with E-state index in [4.69, 9.17) is 4.74 Å². The van der Waals surface area contributed by atoms with Gasteiger partial charge in [0.25, 0.3) is 0 Å². The van der Waals surface area contributed by atoms with E-state index in [2.05, 4.69) is 29.4 Å². The van der Waals surface area contributed by atoms with Gasteiger partial charge < -0.3 is 10.1 Å². The van der Waals surface area contributed by atoms with Gasteiger partial charge in [-0.15, -0.1) is 0 Å². The minimum absolute atomic E-state index is 0.509. The lowest BCUT2D eigenvalue weighted by Gasteiger charge is -2.12. The van der Waals surface area contributed by atoms with Crippen LogP contribution in [-0.2, 0) is 13.2 Å². The van der Waals surface area contributed by atoms with Crippen molar-refractivity contribution in [2.45, 2.75) is 52.2 Å². The molecule has 0 amide bonds. The molecule has 0 radical (unpaired) electrons. The quantitative estimate of drug-likeness (QED) is 0.610. The number of rotatable bonds is 11. The van der Waals surface area contributed by atoms with Crippen LogP contribution in [0.25, 0.3) is 0 Å². The Bertz CT molecular complexity index is 542. The summed E-state index contributed by atoms with van der Waals surface area (Å²) in [4.78, 5) is 4.29. The first kappa shape index (κ1) is 17.5. The second kappa shape index (κ2) is 10.8. The van der Waals surface area contributed by atoms with Gasteiger partial charge in [-0.2, -0.15) is 0 Å². The van der Waals surface area contributed by atoms with Gasteiger partial charge in [0.05, 0.1) is 5.69 Å². The Hall–Kier alpha value is -1.87. The molecule has 0 unspecified atom stereocenters. The predicted octanol–water partition coefficient (Wildman–Crippen LogP) is 4.72. The Morgan fingerprint density at radius 1 is 0.957 bits per heavy atom. The lowest BCUT2D eigenvalue weighted by molar-refractivity contribution is 0.297. The van der Waals surface area contributed by atoms with Crippen molar-refractivity contribution >= 4 is 0 Å². The van der Waals surface area contributed by atoms with Crippen molar-refractivity contribution in [3.63, 3.8) is 0 Å². The number of pyridine rings is 1.